The van der Waals surface area contributed by atoms with E-state index in [1.165, 1.54) is 36.1 Å². The summed E-state index contributed by atoms with van der Waals surface area (Å²) in [6.07, 6.45) is 0. The highest BCUT2D eigenvalue weighted by molar-refractivity contribution is 7.98. The maximum absolute atomic E-state index is 12.0. The number of hydrogen-bond donors (Lipinski definition) is 1. The predicted molar refractivity (Wildman–Crippen MR) is 126 cm³/mol. The summed E-state index contributed by atoms with van der Waals surface area (Å²) in [7, 11) is 0. The SMILES string of the molecule is CC(=O)Nc1ccc2c(CSc3nnc(-c4sc5ccccc5c4Cl)o3)cc(=O)oc2c1. The molecule has 0 radical (unpaired) electrons. The molecule has 0 aliphatic heterocycles. The summed E-state index contributed by atoms with van der Waals surface area (Å²) in [6.45, 7) is 1.41. The Kier molecular flexibility index (Phi) is 5.46. The fourth-order valence-electron chi connectivity index (χ4n) is 3.28. The summed E-state index contributed by atoms with van der Waals surface area (Å²) in [5.74, 6) is 0.573. The molecule has 1 N–H and O–H groups in total. The lowest BCUT2D eigenvalue weighted by atomic mass is 10.1. The predicted octanol–water partition coefficient (Wildman–Crippen LogP) is 5.96. The summed E-state index contributed by atoms with van der Waals surface area (Å²) in [5.41, 5.74) is 1.23. The number of thiophene rings is 1. The number of fused-ring (bicyclic) bond motifs is 2. The van der Waals surface area contributed by atoms with E-state index in [0.717, 1.165) is 25.9 Å². The van der Waals surface area contributed by atoms with Crippen molar-refractivity contribution < 1.29 is 13.6 Å². The fraction of sp³-hybridized carbons (Fsp3) is 0.0909. The second-order valence-corrected chi connectivity index (χ2v) is 9.24. The zero-order valence-electron chi connectivity index (χ0n) is 16.5. The maximum Gasteiger partial charge on any atom is 0.336 e. The van der Waals surface area contributed by atoms with E-state index in [9.17, 15) is 9.59 Å². The Labute approximate surface area is 194 Å². The van der Waals surface area contributed by atoms with Gasteiger partial charge in [0.05, 0.1) is 5.02 Å². The lowest BCUT2D eigenvalue weighted by Crippen LogP contribution is -2.06. The number of nitrogens with zero attached hydrogens (tertiary/aromatic N) is 2. The molecule has 0 aliphatic carbocycles. The standard InChI is InChI=1S/C22H14ClN3O4S2/c1-11(27)24-13-6-7-14-12(8-18(28)29-16(14)9-13)10-31-22-26-25-21(30-22)20-19(23)15-4-2-3-5-17(15)32-20/h2-9H,10H2,1H3,(H,24,27). The molecule has 0 fully saturated rings. The Bertz CT molecular complexity index is 1540. The van der Waals surface area contributed by atoms with E-state index in [4.69, 9.17) is 20.4 Å². The Morgan fingerprint density at radius 1 is 1.12 bits per heavy atom. The van der Waals surface area contributed by atoms with Crippen molar-refractivity contribution in [2.24, 2.45) is 0 Å². The molecule has 0 unspecified atom stereocenters. The number of amides is 1. The van der Waals surface area contributed by atoms with Gasteiger partial charge in [0, 0.05) is 46.0 Å². The van der Waals surface area contributed by atoms with Crippen molar-refractivity contribution in [3.05, 3.63) is 69.5 Å². The van der Waals surface area contributed by atoms with Crippen LogP contribution in [-0.4, -0.2) is 16.1 Å². The monoisotopic (exact) mass is 483 g/mol. The van der Waals surface area contributed by atoms with Crippen LogP contribution in [0.1, 0.15) is 12.5 Å². The van der Waals surface area contributed by atoms with Gasteiger partial charge >= 0.3 is 5.63 Å². The van der Waals surface area contributed by atoms with Crippen LogP contribution in [0, 0.1) is 0 Å². The minimum Gasteiger partial charge on any atom is -0.423 e. The summed E-state index contributed by atoms with van der Waals surface area (Å²) in [4.78, 5) is 24.0. The number of hydrogen-bond acceptors (Lipinski definition) is 8. The minimum absolute atomic E-state index is 0.204. The summed E-state index contributed by atoms with van der Waals surface area (Å²) < 4.78 is 12.2. The highest BCUT2D eigenvalue weighted by Crippen LogP contribution is 2.42. The lowest BCUT2D eigenvalue weighted by Gasteiger charge is -2.06. The van der Waals surface area contributed by atoms with Crippen LogP contribution in [0.25, 0.3) is 31.8 Å². The number of halogens is 1. The molecule has 1 amide bonds. The first-order valence-corrected chi connectivity index (χ1v) is 11.6. The van der Waals surface area contributed by atoms with E-state index in [-0.39, 0.29) is 5.91 Å². The first-order valence-electron chi connectivity index (χ1n) is 9.46. The van der Waals surface area contributed by atoms with Gasteiger partial charge in [-0.2, -0.15) is 0 Å². The number of thioether (sulfide) groups is 1. The molecule has 0 saturated heterocycles. The van der Waals surface area contributed by atoms with Crippen LogP contribution in [0.2, 0.25) is 5.02 Å². The van der Waals surface area contributed by atoms with Crippen molar-refractivity contribution in [2.75, 3.05) is 5.32 Å². The Balaban J connectivity index is 1.40. The van der Waals surface area contributed by atoms with Crippen LogP contribution in [0.4, 0.5) is 5.69 Å². The van der Waals surface area contributed by atoms with Gasteiger partial charge < -0.3 is 14.2 Å². The Morgan fingerprint density at radius 2 is 1.97 bits per heavy atom. The largest absolute Gasteiger partial charge is 0.423 e. The van der Waals surface area contributed by atoms with Crippen molar-refractivity contribution in [3.63, 3.8) is 0 Å². The van der Waals surface area contributed by atoms with Gasteiger partial charge in [-0.15, -0.1) is 21.5 Å². The summed E-state index contributed by atoms with van der Waals surface area (Å²) >= 11 is 9.31. The van der Waals surface area contributed by atoms with Crippen molar-refractivity contribution in [2.45, 2.75) is 17.9 Å². The molecule has 0 aliphatic rings. The van der Waals surface area contributed by atoms with Crippen molar-refractivity contribution >= 4 is 67.3 Å². The van der Waals surface area contributed by atoms with E-state index in [1.54, 1.807) is 18.2 Å². The maximum atomic E-state index is 12.0. The number of carbonyl (C=O) groups is 1. The molecule has 160 valence electrons. The number of benzene rings is 2. The number of carbonyl (C=O) groups excluding carboxylic acids is 1. The molecule has 32 heavy (non-hydrogen) atoms. The molecule has 3 heterocycles. The third-order valence-corrected chi connectivity index (χ3v) is 7.17. The highest BCUT2D eigenvalue weighted by atomic mass is 35.5. The average Bonchev–Trinajstić information content (AvgIpc) is 3.36. The molecule has 10 heteroatoms. The molecule has 3 aromatic heterocycles. The first-order chi connectivity index (χ1) is 15.5. The molecule has 2 aromatic carbocycles. The van der Waals surface area contributed by atoms with E-state index in [1.807, 2.05) is 24.3 Å². The van der Waals surface area contributed by atoms with E-state index >= 15 is 0 Å². The van der Waals surface area contributed by atoms with Gasteiger partial charge in [0.15, 0.2) is 0 Å². The van der Waals surface area contributed by atoms with E-state index in [2.05, 4.69) is 15.5 Å². The molecule has 0 saturated carbocycles. The third-order valence-electron chi connectivity index (χ3n) is 4.64. The van der Waals surface area contributed by atoms with E-state index in [0.29, 0.717) is 33.2 Å². The quantitative estimate of drug-likeness (QED) is 0.243. The van der Waals surface area contributed by atoms with Crippen LogP contribution in [0.15, 0.2) is 67.4 Å². The normalized spacial score (nSPS) is 11.3. The summed E-state index contributed by atoms with van der Waals surface area (Å²) in [6, 6.07) is 14.4. The summed E-state index contributed by atoms with van der Waals surface area (Å²) in [5, 5.41) is 13.6. The Hall–Kier alpha value is -3.14. The zero-order chi connectivity index (χ0) is 22.2. The van der Waals surface area contributed by atoms with Crippen LogP contribution < -0.4 is 10.9 Å². The van der Waals surface area contributed by atoms with Crippen molar-refractivity contribution in [1.29, 1.82) is 0 Å². The van der Waals surface area contributed by atoms with E-state index < -0.39 is 5.63 Å². The molecule has 0 bridgehead atoms. The van der Waals surface area contributed by atoms with Crippen LogP contribution in [0.3, 0.4) is 0 Å². The van der Waals surface area contributed by atoms with Crippen LogP contribution >= 0.6 is 34.7 Å². The van der Waals surface area contributed by atoms with Gasteiger partial charge in [0.1, 0.15) is 10.5 Å². The minimum atomic E-state index is -0.476. The topological polar surface area (TPSA) is 98.2 Å². The molecule has 7 nitrogen and oxygen atoms in total. The molecule has 5 aromatic rings. The van der Waals surface area contributed by atoms with Gasteiger partial charge in [0.25, 0.3) is 11.1 Å². The first kappa shape index (κ1) is 20.7. The van der Waals surface area contributed by atoms with Crippen molar-refractivity contribution in [3.8, 4) is 10.8 Å². The van der Waals surface area contributed by atoms with Crippen LogP contribution in [0.5, 0.6) is 0 Å². The van der Waals surface area contributed by atoms with Crippen molar-refractivity contribution in [1.82, 2.24) is 10.2 Å². The zero-order valence-corrected chi connectivity index (χ0v) is 18.9. The molecule has 5 rings (SSSR count). The number of anilines is 1. The third kappa shape index (κ3) is 4.02. The molecular weight excluding hydrogens is 470 g/mol. The van der Waals surface area contributed by atoms with Gasteiger partial charge in [-0.3, -0.25) is 4.79 Å². The van der Waals surface area contributed by atoms with Crippen LogP contribution in [-0.2, 0) is 10.5 Å². The fourth-order valence-corrected chi connectivity index (χ4v) is 5.47. The number of nitrogens with one attached hydrogen (secondary N) is 1. The second kappa shape index (κ2) is 8.42. The van der Waals surface area contributed by atoms with Gasteiger partial charge in [-0.1, -0.05) is 41.6 Å². The molecule has 0 spiro atoms. The second-order valence-electron chi connectivity index (χ2n) is 6.89. The lowest BCUT2D eigenvalue weighted by molar-refractivity contribution is -0.114. The number of rotatable bonds is 5. The molecule has 0 atom stereocenters. The number of aromatic nitrogens is 2. The highest BCUT2D eigenvalue weighted by Gasteiger charge is 2.18. The van der Waals surface area contributed by atoms with Gasteiger partial charge in [0.2, 0.25) is 5.91 Å². The average molecular weight is 484 g/mol. The smallest absolute Gasteiger partial charge is 0.336 e. The Morgan fingerprint density at radius 3 is 2.78 bits per heavy atom. The molecular formula is C22H14ClN3O4S2. The van der Waals surface area contributed by atoms with Gasteiger partial charge in [-0.25, -0.2) is 4.79 Å². The van der Waals surface area contributed by atoms with Gasteiger partial charge in [-0.05, 0) is 23.8 Å².